The lowest BCUT2D eigenvalue weighted by Crippen LogP contribution is -2.44. The largest absolute Gasteiger partial charge is 0.342 e. The van der Waals surface area contributed by atoms with Crippen LogP contribution in [0.25, 0.3) is 0 Å². The third kappa shape index (κ3) is 3.01. The number of nitrogens with zero attached hydrogens (tertiary/aromatic N) is 1. The number of halogens is 2. The highest BCUT2D eigenvalue weighted by Crippen LogP contribution is 2.26. The molecular formula is C11H17F2NO. The Kier molecular flexibility index (Phi) is 3.47. The number of alkyl halides is 2. The minimum Gasteiger partial charge on any atom is -0.342 e. The highest BCUT2D eigenvalue weighted by atomic mass is 19.3. The van der Waals surface area contributed by atoms with Gasteiger partial charge in [-0.25, -0.2) is 8.78 Å². The van der Waals surface area contributed by atoms with Crippen LogP contribution in [0, 0.1) is 5.92 Å². The maximum absolute atomic E-state index is 12.9. The van der Waals surface area contributed by atoms with Crippen LogP contribution in [0.1, 0.15) is 26.7 Å². The van der Waals surface area contributed by atoms with Crippen molar-refractivity contribution in [1.29, 1.82) is 0 Å². The van der Waals surface area contributed by atoms with Crippen LogP contribution in [0.15, 0.2) is 12.2 Å². The van der Waals surface area contributed by atoms with Crippen LogP contribution in [0.4, 0.5) is 8.78 Å². The molecule has 2 nitrogen and oxygen atoms in total. The second-order valence-electron chi connectivity index (χ2n) is 4.25. The molecular weight excluding hydrogens is 200 g/mol. The van der Waals surface area contributed by atoms with Crippen LogP contribution in [-0.4, -0.2) is 29.8 Å². The van der Waals surface area contributed by atoms with E-state index in [1.54, 1.807) is 0 Å². The van der Waals surface area contributed by atoms with Crippen LogP contribution < -0.4 is 0 Å². The van der Waals surface area contributed by atoms with Crippen LogP contribution in [0.5, 0.6) is 0 Å². The van der Waals surface area contributed by atoms with Crippen molar-refractivity contribution >= 4 is 5.91 Å². The third-order valence-corrected chi connectivity index (χ3v) is 2.91. The summed E-state index contributed by atoms with van der Waals surface area (Å²) in [6.07, 6.45) is 1.46. The van der Waals surface area contributed by atoms with Gasteiger partial charge in [0.15, 0.2) is 0 Å². The fraction of sp³-hybridized carbons (Fsp3) is 0.727. The van der Waals surface area contributed by atoms with Crippen molar-refractivity contribution < 1.29 is 13.6 Å². The van der Waals surface area contributed by atoms with Gasteiger partial charge in [-0.3, -0.25) is 4.79 Å². The molecule has 1 amide bonds. The molecule has 15 heavy (non-hydrogen) atoms. The number of amides is 1. The van der Waals surface area contributed by atoms with Gasteiger partial charge in [0.05, 0.1) is 5.92 Å². The summed E-state index contributed by atoms with van der Waals surface area (Å²) in [5.74, 6) is -4.62. The fourth-order valence-corrected chi connectivity index (χ4v) is 1.53. The summed E-state index contributed by atoms with van der Waals surface area (Å²) in [6, 6.07) is 0. The Morgan fingerprint density at radius 2 is 1.93 bits per heavy atom. The van der Waals surface area contributed by atoms with E-state index in [0.717, 1.165) is 25.3 Å². The van der Waals surface area contributed by atoms with Gasteiger partial charge < -0.3 is 4.90 Å². The molecule has 0 aliphatic carbocycles. The topological polar surface area (TPSA) is 20.3 Å². The van der Waals surface area contributed by atoms with Crippen LogP contribution in [0.2, 0.25) is 0 Å². The fourth-order valence-electron chi connectivity index (χ4n) is 1.53. The Morgan fingerprint density at radius 1 is 1.47 bits per heavy atom. The molecule has 0 spiro atoms. The Morgan fingerprint density at radius 3 is 2.33 bits per heavy atom. The van der Waals surface area contributed by atoms with E-state index in [2.05, 4.69) is 6.58 Å². The molecule has 1 saturated heterocycles. The average Bonchev–Trinajstić information content (AvgIpc) is 2.15. The molecule has 0 N–H and O–H groups in total. The van der Waals surface area contributed by atoms with Crippen molar-refractivity contribution in [2.24, 2.45) is 5.92 Å². The predicted molar refractivity (Wildman–Crippen MR) is 54.7 cm³/mol. The Labute approximate surface area is 88.9 Å². The van der Waals surface area contributed by atoms with Crippen molar-refractivity contribution in [2.45, 2.75) is 32.6 Å². The molecule has 0 aromatic carbocycles. The first kappa shape index (κ1) is 12.1. The minimum absolute atomic E-state index is 0.449. The summed E-state index contributed by atoms with van der Waals surface area (Å²) in [5, 5.41) is 0. The third-order valence-electron chi connectivity index (χ3n) is 2.91. The lowest BCUT2D eigenvalue weighted by Gasteiger charge is -2.31. The lowest BCUT2D eigenvalue weighted by atomic mass is 10.00. The molecule has 86 valence electrons. The maximum atomic E-state index is 12.9. The number of rotatable bonds is 2. The quantitative estimate of drug-likeness (QED) is 0.651. The van der Waals surface area contributed by atoms with Gasteiger partial charge in [-0.1, -0.05) is 12.2 Å². The van der Waals surface area contributed by atoms with Gasteiger partial charge in [0, 0.05) is 20.0 Å². The van der Waals surface area contributed by atoms with E-state index in [1.165, 1.54) is 11.8 Å². The monoisotopic (exact) mass is 217 g/mol. The van der Waals surface area contributed by atoms with Crippen molar-refractivity contribution in [3.63, 3.8) is 0 Å². The van der Waals surface area contributed by atoms with Gasteiger partial charge in [0.2, 0.25) is 5.91 Å². The molecule has 0 saturated carbocycles. The van der Waals surface area contributed by atoms with E-state index < -0.39 is 17.7 Å². The number of carbonyl (C=O) groups excluding carboxylic acids is 1. The summed E-state index contributed by atoms with van der Waals surface area (Å²) in [7, 11) is 0. The summed E-state index contributed by atoms with van der Waals surface area (Å²) in [4.78, 5) is 13.2. The molecule has 0 aromatic heterocycles. The summed E-state index contributed by atoms with van der Waals surface area (Å²) in [5.41, 5.74) is 1.09. The van der Waals surface area contributed by atoms with Gasteiger partial charge in [-0.2, -0.15) is 0 Å². The van der Waals surface area contributed by atoms with E-state index >= 15 is 0 Å². The number of likely N-dealkylation sites (tertiary alicyclic amines) is 1. The summed E-state index contributed by atoms with van der Waals surface area (Å²) >= 11 is 0. The van der Waals surface area contributed by atoms with Gasteiger partial charge in [0.25, 0.3) is 5.92 Å². The summed E-state index contributed by atoms with van der Waals surface area (Å²) < 4.78 is 25.9. The van der Waals surface area contributed by atoms with E-state index in [1.807, 2.05) is 0 Å². The van der Waals surface area contributed by atoms with Gasteiger partial charge >= 0.3 is 0 Å². The zero-order chi connectivity index (χ0) is 11.6. The molecule has 1 aliphatic heterocycles. The van der Waals surface area contributed by atoms with Crippen LogP contribution in [-0.2, 0) is 4.79 Å². The Bertz CT molecular complexity index is 260. The van der Waals surface area contributed by atoms with Crippen LogP contribution >= 0.6 is 0 Å². The Balaban J connectivity index is 2.58. The molecule has 0 bridgehead atoms. The molecule has 1 rings (SSSR count). The van der Waals surface area contributed by atoms with Gasteiger partial charge in [0.1, 0.15) is 0 Å². The Hall–Kier alpha value is -0.930. The second kappa shape index (κ2) is 4.29. The molecule has 4 heteroatoms. The van der Waals surface area contributed by atoms with Gasteiger partial charge in [-0.15, -0.1) is 0 Å². The molecule has 1 atom stereocenters. The second-order valence-corrected chi connectivity index (χ2v) is 4.25. The molecule has 0 radical (unpaired) electrons. The van der Waals surface area contributed by atoms with E-state index in [0.29, 0.717) is 13.1 Å². The normalized spacial score (nSPS) is 20.3. The SMILES string of the molecule is C=C1CCN(C(=O)C(C)C(C)(F)F)CC1. The number of piperidine rings is 1. The lowest BCUT2D eigenvalue weighted by molar-refractivity contribution is -0.147. The van der Waals surface area contributed by atoms with Gasteiger partial charge in [-0.05, 0) is 19.8 Å². The number of hydrogen-bond acceptors (Lipinski definition) is 1. The summed E-state index contributed by atoms with van der Waals surface area (Å²) in [6.45, 7) is 6.94. The van der Waals surface area contributed by atoms with Crippen LogP contribution in [0.3, 0.4) is 0 Å². The van der Waals surface area contributed by atoms with E-state index in [-0.39, 0.29) is 0 Å². The molecule has 0 aromatic rings. The highest BCUT2D eigenvalue weighted by molar-refractivity contribution is 5.79. The standard InChI is InChI=1S/C11H17F2NO/c1-8-4-6-14(7-5-8)10(15)9(2)11(3,12)13/h9H,1,4-7H2,2-3H3. The minimum atomic E-state index is -2.94. The first-order valence-electron chi connectivity index (χ1n) is 5.15. The van der Waals surface area contributed by atoms with E-state index in [9.17, 15) is 13.6 Å². The molecule has 1 fully saturated rings. The first-order chi connectivity index (χ1) is 6.82. The zero-order valence-corrected chi connectivity index (χ0v) is 9.22. The smallest absolute Gasteiger partial charge is 0.256 e. The molecule has 1 heterocycles. The average molecular weight is 217 g/mol. The predicted octanol–water partition coefficient (Wildman–Crippen LogP) is 2.46. The highest BCUT2D eigenvalue weighted by Gasteiger charge is 2.38. The van der Waals surface area contributed by atoms with Crippen molar-refractivity contribution in [2.75, 3.05) is 13.1 Å². The zero-order valence-electron chi connectivity index (χ0n) is 9.22. The van der Waals surface area contributed by atoms with Crippen molar-refractivity contribution in [1.82, 2.24) is 4.90 Å². The van der Waals surface area contributed by atoms with Crippen molar-refractivity contribution in [3.05, 3.63) is 12.2 Å². The molecule has 1 aliphatic rings. The maximum Gasteiger partial charge on any atom is 0.256 e. The first-order valence-corrected chi connectivity index (χ1v) is 5.15. The van der Waals surface area contributed by atoms with Crippen molar-refractivity contribution in [3.8, 4) is 0 Å². The van der Waals surface area contributed by atoms with E-state index in [4.69, 9.17) is 0 Å². The number of hydrogen-bond donors (Lipinski definition) is 0. The molecule has 1 unspecified atom stereocenters. The number of carbonyl (C=O) groups is 1.